The van der Waals surface area contributed by atoms with Crippen molar-refractivity contribution >= 4 is 29.3 Å². The van der Waals surface area contributed by atoms with Crippen LogP contribution in [0.4, 0.5) is 10.5 Å². The number of anilines is 1. The summed E-state index contributed by atoms with van der Waals surface area (Å²) < 4.78 is 15.9. The second-order valence-electron chi connectivity index (χ2n) is 6.64. The molecule has 0 atom stereocenters. The van der Waals surface area contributed by atoms with Gasteiger partial charge in [-0.3, -0.25) is 4.79 Å². The molecule has 1 heterocycles. The normalized spacial score (nSPS) is 13.5. The van der Waals surface area contributed by atoms with Gasteiger partial charge in [-0.05, 0) is 29.8 Å². The Kier molecular flexibility index (Phi) is 7.11. The first kappa shape index (κ1) is 22.1. The highest BCUT2D eigenvalue weighted by Crippen LogP contribution is 2.41. The number of aliphatic hydroxyl groups is 2. The molecule has 0 aromatic heterocycles. The SMILES string of the molecule is COc1cc2c(cc1OC)C(=Cc1ccc(OC(=O)N(CCO)CCO)cc1)C(=O)N2. The molecule has 1 aliphatic rings. The minimum atomic E-state index is -0.667. The summed E-state index contributed by atoms with van der Waals surface area (Å²) in [6, 6.07) is 10.1. The first-order chi connectivity index (χ1) is 15.0. The number of amides is 2. The Morgan fingerprint density at radius 3 is 2.23 bits per heavy atom. The number of fused-ring (bicyclic) bond motifs is 1. The molecule has 2 amide bonds. The van der Waals surface area contributed by atoms with Gasteiger partial charge in [-0.15, -0.1) is 0 Å². The summed E-state index contributed by atoms with van der Waals surface area (Å²) in [5, 5.41) is 20.8. The lowest BCUT2D eigenvalue weighted by Gasteiger charge is -2.19. The highest BCUT2D eigenvalue weighted by atomic mass is 16.6. The van der Waals surface area contributed by atoms with Crippen molar-refractivity contribution in [2.75, 3.05) is 45.8 Å². The number of rotatable bonds is 8. The molecule has 9 nitrogen and oxygen atoms in total. The minimum absolute atomic E-state index is 0.0618. The average Bonchev–Trinajstić information content (AvgIpc) is 3.07. The van der Waals surface area contributed by atoms with E-state index in [9.17, 15) is 9.59 Å². The van der Waals surface area contributed by atoms with E-state index in [1.54, 1.807) is 42.5 Å². The fourth-order valence-electron chi connectivity index (χ4n) is 3.16. The summed E-state index contributed by atoms with van der Waals surface area (Å²) in [5.74, 6) is 1.09. The van der Waals surface area contributed by atoms with Crippen molar-refractivity contribution in [2.45, 2.75) is 0 Å². The molecule has 0 spiro atoms. The van der Waals surface area contributed by atoms with Gasteiger partial charge in [-0.25, -0.2) is 4.79 Å². The van der Waals surface area contributed by atoms with Crippen LogP contribution in [-0.2, 0) is 4.79 Å². The largest absolute Gasteiger partial charge is 0.493 e. The van der Waals surface area contributed by atoms with Crippen molar-refractivity contribution in [2.24, 2.45) is 0 Å². The topological polar surface area (TPSA) is 118 Å². The van der Waals surface area contributed by atoms with Gasteiger partial charge in [0.25, 0.3) is 5.91 Å². The van der Waals surface area contributed by atoms with E-state index < -0.39 is 6.09 Å². The van der Waals surface area contributed by atoms with Crippen molar-refractivity contribution in [3.05, 3.63) is 47.5 Å². The predicted molar refractivity (Wildman–Crippen MR) is 114 cm³/mol. The Morgan fingerprint density at radius 1 is 1.03 bits per heavy atom. The first-order valence-corrected chi connectivity index (χ1v) is 9.58. The quantitative estimate of drug-likeness (QED) is 0.551. The second-order valence-corrected chi connectivity index (χ2v) is 6.64. The van der Waals surface area contributed by atoms with Crippen LogP contribution in [0.1, 0.15) is 11.1 Å². The number of aliphatic hydroxyl groups excluding tert-OH is 2. The summed E-state index contributed by atoms with van der Waals surface area (Å²) in [5.41, 5.74) is 2.53. The Hall–Kier alpha value is -3.56. The summed E-state index contributed by atoms with van der Waals surface area (Å²) in [4.78, 5) is 25.8. The van der Waals surface area contributed by atoms with E-state index in [0.29, 0.717) is 34.1 Å². The lowest BCUT2D eigenvalue weighted by Crippen LogP contribution is -2.37. The van der Waals surface area contributed by atoms with Gasteiger partial charge in [-0.2, -0.15) is 0 Å². The Morgan fingerprint density at radius 2 is 1.65 bits per heavy atom. The number of nitrogens with zero attached hydrogens (tertiary/aromatic N) is 1. The van der Waals surface area contributed by atoms with E-state index >= 15 is 0 Å². The Labute approximate surface area is 179 Å². The van der Waals surface area contributed by atoms with Crippen LogP contribution in [0.15, 0.2) is 36.4 Å². The predicted octanol–water partition coefficient (Wildman–Crippen LogP) is 1.98. The maximum Gasteiger partial charge on any atom is 0.415 e. The van der Waals surface area contributed by atoms with Crippen LogP contribution in [0.2, 0.25) is 0 Å². The molecular formula is C22H24N2O7. The fourth-order valence-corrected chi connectivity index (χ4v) is 3.16. The van der Waals surface area contributed by atoms with Gasteiger partial charge >= 0.3 is 6.09 Å². The Balaban J connectivity index is 1.80. The molecule has 9 heteroatoms. The third-order valence-corrected chi connectivity index (χ3v) is 4.70. The summed E-state index contributed by atoms with van der Waals surface area (Å²) in [7, 11) is 3.05. The van der Waals surface area contributed by atoms with Crippen molar-refractivity contribution in [3.8, 4) is 17.2 Å². The number of benzene rings is 2. The van der Waals surface area contributed by atoms with Gasteiger partial charge < -0.3 is 34.6 Å². The summed E-state index contributed by atoms with van der Waals surface area (Å²) >= 11 is 0. The number of ether oxygens (including phenoxy) is 3. The van der Waals surface area contributed by atoms with Crippen LogP contribution >= 0.6 is 0 Å². The highest BCUT2D eigenvalue weighted by Gasteiger charge is 2.26. The molecule has 31 heavy (non-hydrogen) atoms. The third-order valence-electron chi connectivity index (χ3n) is 4.70. The van der Waals surface area contributed by atoms with Gasteiger partial charge in [-0.1, -0.05) is 12.1 Å². The molecular weight excluding hydrogens is 404 g/mol. The van der Waals surface area contributed by atoms with Gasteiger partial charge in [0.2, 0.25) is 0 Å². The molecule has 2 aromatic rings. The molecule has 3 rings (SSSR count). The zero-order chi connectivity index (χ0) is 22.4. The highest BCUT2D eigenvalue weighted by molar-refractivity contribution is 6.35. The molecule has 0 unspecified atom stereocenters. The molecule has 0 radical (unpaired) electrons. The number of methoxy groups -OCH3 is 2. The van der Waals surface area contributed by atoms with Gasteiger partial charge in [0.15, 0.2) is 11.5 Å². The number of hydrogen-bond donors (Lipinski definition) is 3. The zero-order valence-electron chi connectivity index (χ0n) is 17.3. The lowest BCUT2D eigenvalue weighted by atomic mass is 10.0. The van der Waals surface area contributed by atoms with Crippen LogP contribution < -0.4 is 19.5 Å². The van der Waals surface area contributed by atoms with Gasteiger partial charge in [0.1, 0.15) is 5.75 Å². The standard InChI is InChI=1S/C22H24N2O7/c1-29-19-12-16-17(21(27)23-18(16)13-20(19)30-2)11-14-3-5-15(6-4-14)31-22(28)24(7-9-25)8-10-26/h3-6,11-13,25-26H,7-10H2,1-2H3,(H,23,27). The Bertz CT molecular complexity index is 980. The smallest absolute Gasteiger partial charge is 0.415 e. The number of nitrogens with one attached hydrogen (secondary N) is 1. The zero-order valence-corrected chi connectivity index (χ0v) is 17.3. The van der Waals surface area contributed by atoms with E-state index in [1.165, 1.54) is 19.1 Å². The van der Waals surface area contributed by atoms with Crippen LogP contribution in [-0.4, -0.2) is 67.6 Å². The number of carbonyl (C=O) groups is 2. The third kappa shape index (κ3) is 4.96. The van der Waals surface area contributed by atoms with Gasteiger partial charge in [0.05, 0.1) is 33.1 Å². The minimum Gasteiger partial charge on any atom is -0.493 e. The molecule has 0 saturated heterocycles. The summed E-state index contributed by atoms with van der Waals surface area (Å²) in [6.07, 6.45) is 1.06. The first-order valence-electron chi connectivity index (χ1n) is 9.58. The van der Waals surface area contributed by atoms with E-state index in [-0.39, 0.29) is 32.2 Å². The fraction of sp³-hybridized carbons (Fsp3) is 0.273. The van der Waals surface area contributed by atoms with Crippen molar-refractivity contribution in [1.29, 1.82) is 0 Å². The monoisotopic (exact) mass is 428 g/mol. The molecule has 164 valence electrons. The molecule has 1 aliphatic heterocycles. The van der Waals surface area contributed by atoms with Crippen molar-refractivity contribution < 1.29 is 34.0 Å². The maximum atomic E-state index is 12.5. The average molecular weight is 428 g/mol. The molecule has 3 N–H and O–H groups in total. The molecule has 0 bridgehead atoms. The van der Waals surface area contributed by atoms with Crippen LogP contribution in [0.25, 0.3) is 11.6 Å². The lowest BCUT2D eigenvalue weighted by molar-refractivity contribution is -0.110. The van der Waals surface area contributed by atoms with Crippen LogP contribution in [0.5, 0.6) is 17.2 Å². The summed E-state index contributed by atoms with van der Waals surface area (Å²) in [6.45, 7) is -0.345. The van der Waals surface area contributed by atoms with Crippen LogP contribution in [0.3, 0.4) is 0 Å². The number of carbonyl (C=O) groups excluding carboxylic acids is 2. The number of hydrogen-bond acceptors (Lipinski definition) is 7. The van der Waals surface area contributed by atoms with Crippen molar-refractivity contribution in [3.63, 3.8) is 0 Å². The molecule has 2 aromatic carbocycles. The molecule has 0 saturated carbocycles. The van der Waals surface area contributed by atoms with Gasteiger partial charge in [0, 0.05) is 30.3 Å². The van der Waals surface area contributed by atoms with E-state index in [1.807, 2.05) is 0 Å². The van der Waals surface area contributed by atoms with E-state index in [2.05, 4.69) is 5.32 Å². The van der Waals surface area contributed by atoms with E-state index in [0.717, 1.165) is 5.56 Å². The van der Waals surface area contributed by atoms with E-state index in [4.69, 9.17) is 24.4 Å². The molecule has 0 aliphatic carbocycles. The van der Waals surface area contributed by atoms with Crippen molar-refractivity contribution in [1.82, 2.24) is 4.90 Å². The molecule has 0 fully saturated rings. The van der Waals surface area contributed by atoms with Crippen LogP contribution in [0, 0.1) is 0 Å². The second kappa shape index (κ2) is 9.96. The maximum absolute atomic E-state index is 12.5.